The molecule has 0 saturated heterocycles. The van der Waals surface area contributed by atoms with Crippen LogP contribution in [0, 0.1) is 0 Å². The number of aliphatic hydroxyl groups is 2. The van der Waals surface area contributed by atoms with Crippen molar-refractivity contribution in [3.8, 4) is 0 Å². The van der Waals surface area contributed by atoms with Crippen LogP contribution in [0.15, 0.2) is 72.9 Å². The Labute approximate surface area is 371 Å². The number of hydrogen-bond acceptors (Lipinski definition) is 5. The third-order valence-corrected chi connectivity index (χ3v) is 11.0. The van der Waals surface area contributed by atoms with Crippen molar-refractivity contribution < 1.29 is 24.5 Å². The Kier molecular flexibility index (Phi) is 45.2. The Morgan fingerprint density at radius 1 is 0.500 bits per heavy atom. The third kappa shape index (κ3) is 42.0. The number of nitrogens with one attached hydrogen (secondary N) is 1. The Morgan fingerprint density at radius 3 is 1.43 bits per heavy atom. The van der Waals surface area contributed by atoms with Crippen LogP contribution in [0.2, 0.25) is 0 Å². The first-order chi connectivity index (χ1) is 29.5. The molecule has 60 heavy (non-hydrogen) atoms. The Bertz CT molecular complexity index is 1120. The molecule has 0 radical (unpaired) electrons. The molecule has 0 saturated carbocycles. The number of amides is 1. The van der Waals surface area contributed by atoms with Crippen LogP contribution >= 0.6 is 0 Å². The molecule has 0 rings (SSSR count). The molecule has 1 amide bonds. The number of aliphatic hydroxyl groups excluding tert-OH is 2. The normalized spacial score (nSPS) is 13.9. The maximum Gasteiger partial charge on any atom is 0.306 e. The number of carbonyl (C=O) groups excluding carboxylic acids is 2. The second-order valence-corrected chi connectivity index (χ2v) is 16.8. The van der Waals surface area contributed by atoms with Gasteiger partial charge in [0.1, 0.15) is 6.10 Å². The van der Waals surface area contributed by atoms with E-state index in [-0.39, 0.29) is 24.9 Å². The molecule has 6 nitrogen and oxygen atoms in total. The lowest BCUT2D eigenvalue weighted by Gasteiger charge is -2.24. The summed E-state index contributed by atoms with van der Waals surface area (Å²) in [6, 6.07) is -0.719. The lowest BCUT2D eigenvalue weighted by atomic mass is 10.0. The van der Waals surface area contributed by atoms with Gasteiger partial charge in [-0.1, -0.05) is 209 Å². The summed E-state index contributed by atoms with van der Waals surface area (Å²) in [6.07, 6.45) is 59.7. The van der Waals surface area contributed by atoms with Gasteiger partial charge in [-0.3, -0.25) is 9.59 Å². The maximum atomic E-state index is 13.2. The summed E-state index contributed by atoms with van der Waals surface area (Å²) in [7, 11) is 0. The Morgan fingerprint density at radius 2 is 0.917 bits per heavy atom. The highest BCUT2D eigenvalue weighted by atomic mass is 16.5. The SMILES string of the molecule is CC/C=C\C/C=C\C/C=C\C/C=C\C/C=C\CCCC(=O)OC(CCCCC/C=C\CCCC)CC(=O)NC(CO)C(O)CCCCCCCCCCCCCCCCC. The van der Waals surface area contributed by atoms with Crippen LogP contribution in [-0.4, -0.2) is 46.9 Å². The van der Waals surface area contributed by atoms with Crippen LogP contribution in [0.5, 0.6) is 0 Å². The Balaban J connectivity index is 4.56. The van der Waals surface area contributed by atoms with Gasteiger partial charge in [-0.15, -0.1) is 0 Å². The predicted molar refractivity (Wildman–Crippen MR) is 259 cm³/mol. The van der Waals surface area contributed by atoms with E-state index in [1.165, 1.54) is 89.9 Å². The summed E-state index contributed by atoms with van der Waals surface area (Å²) < 4.78 is 5.87. The van der Waals surface area contributed by atoms with E-state index < -0.39 is 18.2 Å². The third-order valence-electron chi connectivity index (χ3n) is 11.0. The summed E-state index contributed by atoms with van der Waals surface area (Å²) in [6.45, 7) is 6.30. The van der Waals surface area contributed by atoms with Crippen molar-refractivity contribution in [1.29, 1.82) is 0 Å². The maximum absolute atomic E-state index is 13.2. The minimum Gasteiger partial charge on any atom is -0.462 e. The molecule has 0 fully saturated rings. The summed E-state index contributed by atoms with van der Waals surface area (Å²) in [5, 5.41) is 23.7. The number of allylic oxidation sites excluding steroid dienone is 12. The van der Waals surface area contributed by atoms with Gasteiger partial charge in [-0.05, 0) is 83.5 Å². The van der Waals surface area contributed by atoms with Gasteiger partial charge in [-0.2, -0.15) is 0 Å². The predicted octanol–water partition coefficient (Wildman–Crippen LogP) is 15.0. The summed E-state index contributed by atoms with van der Waals surface area (Å²) >= 11 is 0. The van der Waals surface area contributed by atoms with Gasteiger partial charge in [0.2, 0.25) is 5.91 Å². The number of hydrogen-bond donors (Lipinski definition) is 3. The van der Waals surface area contributed by atoms with Gasteiger partial charge in [0.15, 0.2) is 0 Å². The molecule has 3 N–H and O–H groups in total. The molecular formula is C54H95NO5. The van der Waals surface area contributed by atoms with E-state index in [9.17, 15) is 19.8 Å². The van der Waals surface area contributed by atoms with Crippen LogP contribution in [0.4, 0.5) is 0 Å². The number of unbranched alkanes of at least 4 members (excludes halogenated alkanes) is 20. The van der Waals surface area contributed by atoms with Crippen LogP contribution in [-0.2, 0) is 14.3 Å². The van der Waals surface area contributed by atoms with E-state index in [1.54, 1.807) is 0 Å². The summed E-state index contributed by atoms with van der Waals surface area (Å²) in [5.41, 5.74) is 0. The molecule has 6 heteroatoms. The minimum absolute atomic E-state index is 0.0413. The second kappa shape index (κ2) is 47.4. The fourth-order valence-corrected chi connectivity index (χ4v) is 7.21. The topological polar surface area (TPSA) is 95.9 Å². The first-order valence-electron chi connectivity index (χ1n) is 25.2. The van der Waals surface area contributed by atoms with Crippen LogP contribution in [0.25, 0.3) is 0 Å². The monoisotopic (exact) mass is 838 g/mol. The van der Waals surface area contributed by atoms with E-state index in [0.29, 0.717) is 25.7 Å². The zero-order chi connectivity index (χ0) is 43.8. The van der Waals surface area contributed by atoms with Gasteiger partial charge < -0.3 is 20.3 Å². The zero-order valence-corrected chi connectivity index (χ0v) is 39.3. The van der Waals surface area contributed by atoms with Crippen molar-refractivity contribution in [2.24, 2.45) is 0 Å². The zero-order valence-electron chi connectivity index (χ0n) is 39.3. The molecule has 0 bridgehead atoms. The van der Waals surface area contributed by atoms with Crippen LogP contribution in [0.1, 0.15) is 233 Å². The van der Waals surface area contributed by atoms with Crippen molar-refractivity contribution >= 4 is 11.9 Å². The molecule has 346 valence electrons. The molecule has 0 aromatic carbocycles. The second-order valence-electron chi connectivity index (χ2n) is 16.8. The molecule has 0 spiro atoms. The van der Waals surface area contributed by atoms with E-state index in [4.69, 9.17) is 4.74 Å². The fourth-order valence-electron chi connectivity index (χ4n) is 7.21. The molecule has 0 aliphatic heterocycles. The van der Waals surface area contributed by atoms with Crippen molar-refractivity contribution in [3.05, 3.63) is 72.9 Å². The van der Waals surface area contributed by atoms with Gasteiger partial charge in [0.25, 0.3) is 0 Å². The molecule has 0 aliphatic rings. The van der Waals surface area contributed by atoms with Gasteiger partial charge in [0, 0.05) is 6.42 Å². The van der Waals surface area contributed by atoms with Gasteiger partial charge >= 0.3 is 5.97 Å². The molecule has 0 aliphatic carbocycles. The van der Waals surface area contributed by atoms with Crippen molar-refractivity contribution in [1.82, 2.24) is 5.32 Å². The fraction of sp³-hybridized carbons (Fsp3) is 0.741. The average Bonchev–Trinajstić information content (AvgIpc) is 3.24. The molecule has 0 aromatic heterocycles. The highest BCUT2D eigenvalue weighted by molar-refractivity contribution is 5.77. The summed E-state index contributed by atoms with van der Waals surface area (Å²) in [5.74, 6) is -0.564. The number of esters is 1. The van der Waals surface area contributed by atoms with E-state index in [1.807, 2.05) is 0 Å². The van der Waals surface area contributed by atoms with E-state index in [2.05, 4.69) is 99.0 Å². The van der Waals surface area contributed by atoms with Crippen LogP contribution in [0.3, 0.4) is 0 Å². The van der Waals surface area contributed by atoms with Crippen molar-refractivity contribution in [2.75, 3.05) is 6.61 Å². The van der Waals surface area contributed by atoms with Crippen molar-refractivity contribution in [2.45, 2.75) is 251 Å². The molecule has 3 unspecified atom stereocenters. The molecule has 3 atom stereocenters. The Hall–Kier alpha value is -2.70. The lowest BCUT2D eigenvalue weighted by Crippen LogP contribution is -2.46. The van der Waals surface area contributed by atoms with E-state index in [0.717, 1.165) is 89.9 Å². The standard InChI is InChI=1S/C54H95NO5/c1-4-7-10-13-16-19-21-23-25-26-28-30-32-35-38-41-44-47-54(59)60-50(45-42-39-36-33-18-15-12-9-6-3)48-53(58)55-51(49-56)52(57)46-43-40-37-34-31-29-27-24-22-20-17-14-11-8-5-2/h7,10,15-16,18-19,23,25,28,30,35,38,50-52,56-57H,4-6,8-9,11-14,17,20-22,24,26-27,29,31-34,36-37,39-49H2,1-3H3,(H,55,58)/b10-7-,18-15-,19-16-,25-23-,30-28-,38-35-. The van der Waals surface area contributed by atoms with Gasteiger partial charge in [-0.25, -0.2) is 0 Å². The smallest absolute Gasteiger partial charge is 0.306 e. The number of rotatable bonds is 44. The van der Waals surface area contributed by atoms with Gasteiger partial charge in [0.05, 0.1) is 25.2 Å². The lowest BCUT2D eigenvalue weighted by molar-refractivity contribution is -0.151. The van der Waals surface area contributed by atoms with E-state index >= 15 is 0 Å². The van der Waals surface area contributed by atoms with Crippen molar-refractivity contribution in [3.63, 3.8) is 0 Å². The minimum atomic E-state index is -0.803. The highest BCUT2D eigenvalue weighted by Gasteiger charge is 2.24. The molecule has 0 aromatic rings. The first kappa shape index (κ1) is 57.3. The molecule has 0 heterocycles. The number of carbonyl (C=O) groups is 2. The largest absolute Gasteiger partial charge is 0.462 e. The summed E-state index contributed by atoms with van der Waals surface area (Å²) in [4.78, 5) is 26.0. The molecular weight excluding hydrogens is 743 g/mol. The highest BCUT2D eigenvalue weighted by Crippen LogP contribution is 2.17. The first-order valence-corrected chi connectivity index (χ1v) is 25.2. The van der Waals surface area contributed by atoms with Crippen LogP contribution < -0.4 is 5.32 Å². The average molecular weight is 838 g/mol. The quantitative estimate of drug-likeness (QED) is 0.0323. The number of ether oxygens (including phenoxy) is 1.